The lowest BCUT2D eigenvalue weighted by Crippen LogP contribution is -2.45. The van der Waals surface area contributed by atoms with Gasteiger partial charge in [-0.3, -0.25) is 0 Å². The van der Waals surface area contributed by atoms with E-state index < -0.39 is 0 Å². The van der Waals surface area contributed by atoms with Crippen LogP contribution in [0.25, 0.3) is 0 Å². The fourth-order valence-corrected chi connectivity index (χ4v) is 2.37. The first-order chi connectivity index (χ1) is 7.60. The number of nitrogens with one attached hydrogen (secondary N) is 1. The topological polar surface area (TPSA) is 21.3 Å². The average molecular weight is 288 g/mol. The number of benzene rings is 1. The van der Waals surface area contributed by atoms with Gasteiger partial charge in [0, 0.05) is 4.47 Å². The maximum atomic E-state index is 13.6. The highest BCUT2D eigenvalue weighted by Gasteiger charge is 2.34. The van der Waals surface area contributed by atoms with Gasteiger partial charge in [-0.2, -0.15) is 0 Å². The summed E-state index contributed by atoms with van der Waals surface area (Å²) in [6.07, 6.45) is 1.81. The molecule has 88 valence electrons. The van der Waals surface area contributed by atoms with Gasteiger partial charge in [-0.1, -0.05) is 29.8 Å². The van der Waals surface area contributed by atoms with Crippen molar-refractivity contribution in [3.05, 3.63) is 22.4 Å². The largest absolute Gasteiger partial charge is 0.483 e. The van der Waals surface area contributed by atoms with Crippen LogP contribution in [0, 0.1) is 5.82 Å². The SMILES string of the molecule is CCC1(CC)CNc2c(F)cc(Br)cc2O1. The van der Waals surface area contributed by atoms with Gasteiger partial charge in [0.05, 0.1) is 6.54 Å². The minimum Gasteiger partial charge on any atom is -0.483 e. The Labute approximate surface area is 103 Å². The second kappa shape index (κ2) is 4.24. The molecule has 4 heteroatoms. The van der Waals surface area contributed by atoms with Crippen LogP contribution in [0.3, 0.4) is 0 Å². The van der Waals surface area contributed by atoms with Crippen LogP contribution >= 0.6 is 15.9 Å². The van der Waals surface area contributed by atoms with E-state index in [1.807, 2.05) is 6.07 Å². The Kier molecular flexibility index (Phi) is 3.10. The van der Waals surface area contributed by atoms with Gasteiger partial charge in [0.2, 0.25) is 0 Å². The van der Waals surface area contributed by atoms with Crippen molar-refractivity contribution in [2.45, 2.75) is 32.3 Å². The van der Waals surface area contributed by atoms with Gasteiger partial charge in [0.15, 0.2) is 5.82 Å². The number of anilines is 1. The Morgan fingerprint density at radius 3 is 2.75 bits per heavy atom. The van der Waals surface area contributed by atoms with E-state index in [0.717, 1.165) is 12.8 Å². The summed E-state index contributed by atoms with van der Waals surface area (Å²) in [5.74, 6) is 0.326. The number of ether oxygens (including phenoxy) is 1. The van der Waals surface area contributed by atoms with E-state index in [9.17, 15) is 4.39 Å². The Morgan fingerprint density at radius 2 is 2.12 bits per heavy atom. The fourth-order valence-electron chi connectivity index (χ4n) is 1.97. The van der Waals surface area contributed by atoms with Crippen molar-refractivity contribution < 1.29 is 9.13 Å². The molecule has 1 heterocycles. The van der Waals surface area contributed by atoms with Gasteiger partial charge >= 0.3 is 0 Å². The lowest BCUT2D eigenvalue weighted by molar-refractivity contribution is 0.0663. The van der Waals surface area contributed by atoms with Crippen molar-refractivity contribution in [1.82, 2.24) is 0 Å². The highest BCUT2D eigenvalue weighted by molar-refractivity contribution is 9.10. The van der Waals surface area contributed by atoms with Crippen LogP contribution in [-0.2, 0) is 0 Å². The van der Waals surface area contributed by atoms with E-state index in [1.165, 1.54) is 6.07 Å². The third-order valence-corrected chi connectivity index (χ3v) is 3.68. The van der Waals surface area contributed by atoms with Crippen LogP contribution in [0.2, 0.25) is 0 Å². The number of rotatable bonds is 2. The lowest BCUT2D eigenvalue weighted by atomic mass is 9.95. The van der Waals surface area contributed by atoms with Gasteiger partial charge in [-0.25, -0.2) is 4.39 Å². The molecule has 0 aliphatic carbocycles. The summed E-state index contributed by atoms with van der Waals surface area (Å²) in [5.41, 5.74) is 0.265. The lowest BCUT2D eigenvalue weighted by Gasteiger charge is -2.38. The van der Waals surface area contributed by atoms with Crippen molar-refractivity contribution in [3.8, 4) is 5.75 Å². The zero-order chi connectivity index (χ0) is 11.8. The van der Waals surface area contributed by atoms with Crippen molar-refractivity contribution >= 4 is 21.6 Å². The number of hydrogen-bond donors (Lipinski definition) is 1. The molecule has 0 aromatic heterocycles. The molecule has 1 aliphatic rings. The molecule has 0 bridgehead atoms. The van der Waals surface area contributed by atoms with E-state index in [0.29, 0.717) is 22.5 Å². The zero-order valence-corrected chi connectivity index (χ0v) is 11.0. The Hall–Kier alpha value is -0.770. The molecular formula is C12H15BrFNO. The van der Waals surface area contributed by atoms with E-state index >= 15 is 0 Å². The first-order valence-corrected chi connectivity index (χ1v) is 6.31. The Balaban J connectivity index is 2.40. The molecule has 2 nitrogen and oxygen atoms in total. The highest BCUT2D eigenvalue weighted by atomic mass is 79.9. The Morgan fingerprint density at radius 1 is 1.44 bits per heavy atom. The molecule has 1 N–H and O–H groups in total. The molecule has 0 unspecified atom stereocenters. The zero-order valence-electron chi connectivity index (χ0n) is 9.44. The highest BCUT2D eigenvalue weighted by Crippen LogP contribution is 2.39. The fraction of sp³-hybridized carbons (Fsp3) is 0.500. The van der Waals surface area contributed by atoms with E-state index in [-0.39, 0.29) is 11.4 Å². The van der Waals surface area contributed by atoms with Gasteiger partial charge in [0.1, 0.15) is 17.0 Å². The quantitative estimate of drug-likeness (QED) is 0.889. The summed E-state index contributed by atoms with van der Waals surface area (Å²) in [6, 6.07) is 3.25. The predicted octanol–water partition coefficient (Wildman–Crippen LogP) is 3.95. The molecule has 16 heavy (non-hydrogen) atoms. The normalized spacial score (nSPS) is 17.2. The third-order valence-electron chi connectivity index (χ3n) is 3.22. The Bertz CT molecular complexity index is 404. The number of hydrogen-bond acceptors (Lipinski definition) is 2. The molecule has 0 saturated heterocycles. The predicted molar refractivity (Wildman–Crippen MR) is 66.5 cm³/mol. The van der Waals surface area contributed by atoms with Crippen molar-refractivity contribution in [2.75, 3.05) is 11.9 Å². The second-order valence-corrected chi connectivity index (χ2v) is 5.02. The van der Waals surface area contributed by atoms with Crippen LogP contribution in [0.4, 0.5) is 10.1 Å². The molecule has 0 saturated carbocycles. The second-order valence-electron chi connectivity index (χ2n) is 4.11. The van der Waals surface area contributed by atoms with Crippen molar-refractivity contribution in [3.63, 3.8) is 0 Å². The van der Waals surface area contributed by atoms with E-state index in [2.05, 4.69) is 35.1 Å². The maximum Gasteiger partial charge on any atom is 0.151 e. The minimum atomic E-state index is -0.273. The minimum absolute atomic E-state index is 0.208. The maximum absolute atomic E-state index is 13.6. The van der Waals surface area contributed by atoms with Crippen LogP contribution in [0.1, 0.15) is 26.7 Å². The van der Waals surface area contributed by atoms with Gasteiger partial charge in [-0.15, -0.1) is 0 Å². The molecule has 0 fully saturated rings. The molecule has 1 aliphatic heterocycles. The molecule has 0 amide bonds. The summed E-state index contributed by atoms with van der Waals surface area (Å²) in [6.45, 7) is 4.83. The van der Waals surface area contributed by atoms with Crippen molar-refractivity contribution in [1.29, 1.82) is 0 Å². The van der Waals surface area contributed by atoms with Gasteiger partial charge in [-0.05, 0) is 25.0 Å². The average Bonchev–Trinajstić information content (AvgIpc) is 2.27. The molecule has 1 aromatic rings. The molecular weight excluding hydrogens is 273 g/mol. The smallest absolute Gasteiger partial charge is 0.151 e. The molecule has 0 atom stereocenters. The van der Waals surface area contributed by atoms with Crippen LogP contribution in [0.5, 0.6) is 5.75 Å². The van der Waals surface area contributed by atoms with Crippen LogP contribution in [0.15, 0.2) is 16.6 Å². The van der Waals surface area contributed by atoms with Crippen LogP contribution < -0.4 is 10.1 Å². The summed E-state index contributed by atoms with van der Waals surface area (Å²) in [4.78, 5) is 0. The summed E-state index contributed by atoms with van der Waals surface area (Å²) in [7, 11) is 0. The first-order valence-electron chi connectivity index (χ1n) is 5.52. The standard InChI is InChI=1S/C12H15BrFNO/c1-3-12(4-2)7-15-11-9(14)5-8(13)6-10(11)16-12/h5-6,15H,3-4,7H2,1-2H3. The third kappa shape index (κ3) is 1.90. The summed E-state index contributed by atoms with van der Waals surface area (Å²) < 4.78 is 20.3. The van der Waals surface area contributed by atoms with E-state index in [1.54, 1.807) is 0 Å². The molecule has 0 radical (unpaired) electrons. The molecule has 2 rings (SSSR count). The number of halogens is 2. The van der Waals surface area contributed by atoms with Crippen molar-refractivity contribution in [2.24, 2.45) is 0 Å². The summed E-state index contributed by atoms with van der Waals surface area (Å²) >= 11 is 3.27. The van der Waals surface area contributed by atoms with Gasteiger partial charge < -0.3 is 10.1 Å². The van der Waals surface area contributed by atoms with E-state index in [4.69, 9.17) is 4.74 Å². The van der Waals surface area contributed by atoms with Crippen LogP contribution in [-0.4, -0.2) is 12.1 Å². The molecule has 0 spiro atoms. The monoisotopic (exact) mass is 287 g/mol. The summed E-state index contributed by atoms with van der Waals surface area (Å²) in [5, 5.41) is 3.13. The van der Waals surface area contributed by atoms with Gasteiger partial charge in [0.25, 0.3) is 0 Å². The first kappa shape index (κ1) is 11.7. The molecule has 1 aromatic carbocycles. The number of fused-ring (bicyclic) bond motifs is 1.